The third-order valence-corrected chi connectivity index (χ3v) is 5.07. The van der Waals surface area contributed by atoms with Gasteiger partial charge in [0.05, 0.1) is 11.1 Å². The fraction of sp³-hybridized carbons (Fsp3) is 0.263. The number of nitrogens with two attached hydrogens (primary N) is 1. The summed E-state index contributed by atoms with van der Waals surface area (Å²) in [5.41, 5.74) is 8.05. The molecule has 0 aliphatic heterocycles. The Labute approximate surface area is 155 Å². The lowest BCUT2D eigenvalue weighted by Gasteiger charge is -2.10. The molecule has 2 aromatic heterocycles. The first-order valence-electron chi connectivity index (χ1n) is 8.39. The van der Waals surface area contributed by atoms with Gasteiger partial charge in [0.15, 0.2) is 5.01 Å². The molecular weight excluding hydrogens is 351 g/mol. The summed E-state index contributed by atoms with van der Waals surface area (Å²) in [6.07, 6.45) is 4.30. The largest absolute Gasteiger partial charge is 0.366 e. The van der Waals surface area contributed by atoms with Gasteiger partial charge in [-0.1, -0.05) is 30.7 Å². The number of aromatic nitrogens is 3. The molecule has 0 atom stereocenters. The average Bonchev–Trinajstić information content (AvgIpc) is 3.09. The number of primary amides is 1. The fourth-order valence-corrected chi connectivity index (χ4v) is 3.65. The van der Waals surface area contributed by atoms with Gasteiger partial charge in [0, 0.05) is 17.5 Å². The van der Waals surface area contributed by atoms with E-state index >= 15 is 4.39 Å². The molecule has 0 saturated carbocycles. The van der Waals surface area contributed by atoms with Crippen LogP contribution in [-0.4, -0.2) is 21.1 Å². The molecule has 0 unspecified atom stereocenters. The molecule has 26 heavy (non-hydrogen) atoms. The van der Waals surface area contributed by atoms with Gasteiger partial charge in [-0.25, -0.2) is 4.39 Å². The first-order valence-corrected chi connectivity index (χ1v) is 9.21. The van der Waals surface area contributed by atoms with Crippen molar-refractivity contribution >= 4 is 17.2 Å². The number of unbranched alkanes of at least 4 members (excludes halogenated alkanes) is 1. The smallest absolute Gasteiger partial charge is 0.251 e. The van der Waals surface area contributed by atoms with Crippen LogP contribution in [0.3, 0.4) is 0 Å². The second-order valence-corrected chi connectivity index (χ2v) is 7.00. The Balaban J connectivity index is 2.10. The summed E-state index contributed by atoms with van der Waals surface area (Å²) >= 11 is 1.29. The highest BCUT2D eigenvalue weighted by Gasteiger charge is 2.21. The Morgan fingerprint density at radius 3 is 2.69 bits per heavy atom. The minimum absolute atomic E-state index is 0.128. The maximum Gasteiger partial charge on any atom is 0.251 e. The number of rotatable bonds is 6. The summed E-state index contributed by atoms with van der Waals surface area (Å²) < 4.78 is 15.0. The first kappa shape index (κ1) is 18.1. The van der Waals surface area contributed by atoms with E-state index in [1.165, 1.54) is 17.4 Å². The van der Waals surface area contributed by atoms with Crippen molar-refractivity contribution in [2.45, 2.75) is 33.1 Å². The Morgan fingerprint density at radius 1 is 1.23 bits per heavy atom. The Hall–Kier alpha value is -2.67. The van der Waals surface area contributed by atoms with E-state index in [9.17, 15) is 4.79 Å². The Morgan fingerprint density at radius 2 is 2.00 bits per heavy atom. The van der Waals surface area contributed by atoms with Gasteiger partial charge in [-0.15, -0.1) is 10.2 Å². The van der Waals surface area contributed by atoms with Crippen LogP contribution in [0.15, 0.2) is 30.5 Å². The molecule has 2 N–H and O–H groups in total. The summed E-state index contributed by atoms with van der Waals surface area (Å²) in [6.45, 7) is 3.97. The van der Waals surface area contributed by atoms with E-state index in [1.807, 2.05) is 19.1 Å². The van der Waals surface area contributed by atoms with Crippen LogP contribution in [0.1, 0.15) is 41.4 Å². The monoisotopic (exact) mass is 370 g/mol. The topological polar surface area (TPSA) is 81.8 Å². The second kappa shape index (κ2) is 7.70. The number of carbonyl (C=O) groups excluding carboxylic acids is 1. The lowest BCUT2D eigenvalue weighted by atomic mass is 9.98. The highest BCUT2D eigenvalue weighted by atomic mass is 32.1. The van der Waals surface area contributed by atoms with Crippen molar-refractivity contribution in [1.82, 2.24) is 15.2 Å². The van der Waals surface area contributed by atoms with Crippen molar-refractivity contribution in [3.05, 3.63) is 53.1 Å². The average molecular weight is 370 g/mol. The van der Waals surface area contributed by atoms with Gasteiger partial charge in [-0.2, -0.15) is 0 Å². The third kappa shape index (κ3) is 3.62. The normalized spacial score (nSPS) is 10.9. The van der Waals surface area contributed by atoms with Crippen LogP contribution in [0.5, 0.6) is 0 Å². The van der Waals surface area contributed by atoms with Gasteiger partial charge >= 0.3 is 0 Å². The molecule has 134 valence electrons. The zero-order valence-corrected chi connectivity index (χ0v) is 15.4. The SMILES string of the molecule is CCCCc1ccc(C(N)=O)c(F)c1-c1nnc(-c2ccnc(C)c2)s1. The summed E-state index contributed by atoms with van der Waals surface area (Å²) in [7, 11) is 0. The van der Waals surface area contributed by atoms with E-state index in [0.717, 1.165) is 29.7 Å². The van der Waals surface area contributed by atoms with Crippen LogP contribution in [0.25, 0.3) is 21.1 Å². The third-order valence-electron chi connectivity index (χ3n) is 4.08. The van der Waals surface area contributed by atoms with Crippen molar-refractivity contribution in [1.29, 1.82) is 0 Å². The lowest BCUT2D eigenvalue weighted by molar-refractivity contribution is 0.0996. The predicted octanol–water partition coefficient (Wildman–Crippen LogP) is 4.16. The van der Waals surface area contributed by atoms with E-state index in [4.69, 9.17) is 5.73 Å². The van der Waals surface area contributed by atoms with E-state index in [1.54, 1.807) is 12.3 Å². The molecule has 3 rings (SSSR count). The van der Waals surface area contributed by atoms with Crippen molar-refractivity contribution in [2.24, 2.45) is 5.73 Å². The van der Waals surface area contributed by atoms with Crippen LogP contribution in [0.4, 0.5) is 4.39 Å². The number of halogens is 1. The fourth-order valence-electron chi connectivity index (χ4n) is 2.73. The molecule has 7 heteroatoms. The van der Waals surface area contributed by atoms with Gasteiger partial charge in [0.1, 0.15) is 10.8 Å². The molecule has 0 fully saturated rings. The molecule has 0 radical (unpaired) electrons. The second-order valence-electron chi connectivity index (χ2n) is 6.03. The van der Waals surface area contributed by atoms with Gasteiger partial charge in [-0.05, 0) is 43.5 Å². The number of benzene rings is 1. The van der Waals surface area contributed by atoms with Gasteiger partial charge in [0.2, 0.25) is 0 Å². The summed E-state index contributed by atoms with van der Waals surface area (Å²) in [5, 5.41) is 9.50. The molecule has 0 aliphatic carbocycles. The number of nitrogens with zero attached hydrogens (tertiary/aromatic N) is 3. The summed E-state index contributed by atoms with van der Waals surface area (Å²) in [6, 6.07) is 6.94. The van der Waals surface area contributed by atoms with Gasteiger partial charge in [-0.3, -0.25) is 9.78 Å². The molecule has 0 bridgehead atoms. The van der Waals surface area contributed by atoms with Crippen LogP contribution in [0.2, 0.25) is 0 Å². The van der Waals surface area contributed by atoms with Crippen LogP contribution in [0, 0.1) is 12.7 Å². The number of carbonyl (C=O) groups is 1. The molecule has 0 spiro atoms. The first-order chi connectivity index (χ1) is 12.5. The Kier molecular flexibility index (Phi) is 5.37. The molecule has 2 heterocycles. The van der Waals surface area contributed by atoms with E-state index in [-0.39, 0.29) is 5.56 Å². The number of pyridine rings is 1. The molecule has 5 nitrogen and oxygen atoms in total. The van der Waals surface area contributed by atoms with Crippen LogP contribution >= 0.6 is 11.3 Å². The summed E-state index contributed by atoms with van der Waals surface area (Å²) in [5.74, 6) is -1.42. The zero-order chi connectivity index (χ0) is 18.7. The number of hydrogen-bond acceptors (Lipinski definition) is 5. The van der Waals surface area contributed by atoms with E-state index in [2.05, 4.69) is 22.1 Å². The lowest BCUT2D eigenvalue weighted by Crippen LogP contribution is -2.14. The number of hydrogen-bond donors (Lipinski definition) is 1. The number of aryl methyl sites for hydroxylation is 2. The van der Waals surface area contributed by atoms with Crippen molar-refractivity contribution in [3.63, 3.8) is 0 Å². The van der Waals surface area contributed by atoms with Gasteiger partial charge in [0.25, 0.3) is 5.91 Å². The standard InChI is InChI=1S/C19H19FN4OS/c1-3-4-5-12-6-7-14(17(21)25)16(20)15(12)19-24-23-18(26-19)13-8-9-22-11(2)10-13/h6-10H,3-5H2,1-2H3,(H2,21,25). The van der Waals surface area contributed by atoms with Crippen LogP contribution in [-0.2, 0) is 6.42 Å². The maximum atomic E-state index is 15.0. The van der Waals surface area contributed by atoms with Crippen LogP contribution < -0.4 is 5.73 Å². The number of amides is 1. The summed E-state index contributed by atoms with van der Waals surface area (Å²) in [4.78, 5) is 15.7. The minimum atomic E-state index is -0.791. The highest BCUT2D eigenvalue weighted by Crippen LogP contribution is 2.35. The quantitative estimate of drug-likeness (QED) is 0.706. The van der Waals surface area contributed by atoms with Gasteiger partial charge < -0.3 is 5.73 Å². The minimum Gasteiger partial charge on any atom is -0.366 e. The predicted molar refractivity (Wildman–Crippen MR) is 100 cm³/mol. The molecule has 1 amide bonds. The molecular formula is C19H19FN4OS. The molecule has 1 aromatic carbocycles. The molecule has 0 saturated heterocycles. The van der Waals surface area contributed by atoms with Crippen molar-refractivity contribution in [3.8, 4) is 21.1 Å². The molecule has 3 aromatic rings. The Bertz CT molecular complexity index is 954. The maximum absolute atomic E-state index is 15.0. The van der Waals surface area contributed by atoms with Crippen molar-refractivity contribution < 1.29 is 9.18 Å². The zero-order valence-electron chi connectivity index (χ0n) is 14.6. The van der Waals surface area contributed by atoms with E-state index in [0.29, 0.717) is 22.0 Å². The molecule has 0 aliphatic rings. The van der Waals surface area contributed by atoms with E-state index < -0.39 is 11.7 Å². The van der Waals surface area contributed by atoms with Crippen molar-refractivity contribution in [2.75, 3.05) is 0 Å². The highest BCUT2D eigenvalue weighted by molar-refractivity contribution is 7.17.